The molecular formula is C12H16N2. The molecule has 0 radical (unpaired) electrons. The number of pyridine rings is 1. The highest BCUT2D eigenvalue weighted by molar-refractivity contribution is 5.10. The van der Waals surface area contributed by atoms with Gasteiger partial charge in [-0.2, -0.15) is 0 Å². The Hall–Kier alpha value is -0.890. The lowest BCUT2D eigenvalue weighted by atomic mass is 10.0. The van der Waals surface area contributed by atoms with Crippen molar-refractivity contribution in [2.45, 2.75) is 44.3 Å². The lowest BCUT2D eigenvalue weighted by molar-refractivity contribution is 0.466. The molecule has 2 aliphatic rings. The van der Waals surface area contributed by atoms with E-state index in [0.717, 1.165) is 18.6 Å². The molecule has 3 rings (SSSR count). The molecule has 2 unspecified atom stereocenters. The monoisotopic (exact) mass is 188 g/mol. The first-order valence-corrected chi connectivity index (χ1v) is 5.61. The van der Waals surface area contributed by atoms with Gasteiger partial charge in [0.25, 0.3) is 0 Å². The summed E-state index contributed by atoms with van der Waals surface area (Å²) in [6, 6.07) is 7.98. The molecule has 2 nitrogen and oxygen atoms in total. The zero-order valence-corrected chi connectivity index (χ0v) is 8.39. The van der Waals surface area contributed by atoms with Gasteiger partial charge in [0.05, 0.1) is 5.69 Å². The van der Waals surface area contributed by atoms with Gasteiger partial charge in [0, 0.05) is 24.8 Å². The Morgan fingerprint density at radius 1 is 1.21 bits per heavy atom. The van der Waals surface area contributed by atoms with Gasteiger partial charge in [-0.1, -0.05) is 18.9 Å². The highest BCUT2D eigenvalue weighted by Gasteiger charge is 2.47. The summed E-state index contributed by atoms with van der Waals surface area (Å²) < 4.78 is 0. The SMILES string of the molecule is c1ccc(CN2C3CCCCC32)nc1. The quantitative estimate of drug-likeness (QED) is 0.661. The third kappa shape index (κ3) is 1.44. The number of nitrogens with zero attached hydrogens (tertiary/aromatic N) is 2. The molecule has 1 saturated carbocycles. The highest BCUT2D eigenvalue weighted by atomic mass is 15.4. The smallest absolute Gasteiger partial charge is 0.0544 e. The van der Waals surface area contributed by atoms with E-state index in [1.807, 2.05) is 12.3 Å². The molecule has 1 aliphatic heterocycles. The normalized spacial score (nSPS) is 35.0. The molecule has 14 heavy (non-hydrogen) atoms. The van der Waals surface area contributed by atoms with E-state index in [4.69, 9.17) is 0 Å². The summed E-state index contributed by atoms with van der Waals surface area (Å²) in [6.07, 6.45) is 7.58. The zero-order valence-electron chi connectivity index (χ0n) is 8.39. The molecule has 1 aromatic rings. The minimum absolute atomic E-state index is 0.894. The molecule has 0 aromatic carbocycles. The van der Waals surface area contributed by atoms with Crippen LogP contribution in [0.15, 0.2) is 24.4 Å². The largest absolute Gasteiger partial charge is 0.289 e. The summed E-state index contributed by atoms with van der Waals surface area (Å²) in [5.74, 6) is 0. The van der Waals surface area contributed by atoms with Gasteiger partial charge in [0.15, 0.2) is 0 Å². The molecule has 0 bridgehead atoms. The minimum Gasteiger partial charge on any atom is -0.289 e. The van der Waals surface area contributed by atoms with E-state index in [1.165, 1.54) is 31.4 Å². The van der Waals surface area contributed by atoms with Crippen molar-refractivity contribution in [1.29, 1.82) is 0 Å². The summed E-state index contributed by atoms with van der Waals surface area (Å²) in [5.41, 5.74) is 1.22. The molecule has 2 heteroatoms. The van der Waals surface area contributed by atoms with Crippen LogP contribution in [0.2, 0.25) is 0 Å². The van der Waals surface area contributed by atoms with Crippen molar-refractivity contribution in [3.63, 3.8) is 0 Å². The first-order chi connectivity index (χ1) is 6.95. The van der Waals surface area contributed by atoms with E-state index < -0.39 is 0 Å². The zero-order chi connectivity index (χ0) is 9.38. The van der Waals surface area contributed by atoms with Gasteiger partial charge < -0.3 is 0 Å². The van der Waals surface area contributed by atoms with Crippen LogP contribution in [0.1, 0.15) is 31.4 Å². The summed E-state index contributed by atoms with van der Waals surface area (Å²) >= 11 is 0. The molecule has 1 aromatic heterocycles. The second-order valence-electron chi connectivity index (χ2n) is 4.41. The molecule has 0 amide bonds. The standard InChI is InChI=1S/C12H16N2/c1-2-7-12-11(6-1)14(12)9-10-5-3-4-8-13-10/h3-5,8,11-12H,1-2,6-7,9H2. The van der Waals surface area contributed by atoms with Crippen LogP contribution in [0.4, 0.5) is 0 Å². The Labute approximate surface area is 85.0 Å². The van der Waals surface area contributed by atoms with E-state index in [9.17, 15) is 0 Å². The Morgan fingerprint density at radius 2 is 2.00 bits per heavy atom. The Balaban J connectivity index is 1.64. The first-order valence-electron chi connectivity index (χ1n) is 5.61. The van der Waals surface area contributed by atoms with Crippen LogP contribution in [-0.2, 0) is 6.54 Å². The van der Waals surface area contributed by atoms with Gasteiger partial charge in [0.1, 0.15) is 0 Å². The average molecular weight is 188 g/mol. The maximum Gasteiger partial charge on any atom is 0.0544 e. The summed E-state index contributed by atoms with van der Waals surface area (Å²) in [6.45, 7) is 1.07. The molecule has 0 spiro atoms. The van der Waals surface area contributed by atoms with Crippen molar-refractivity contribution >= 4 is 0 Å². The van der Waals surface area contributed by atoms with Crippen LogP contribution in [0.3, 0.4) is 0 Å². The number of aromatic nitrogens is 1. The Bertz CT molecular complexity index is 297. The van der Waals surface area contributed by atoms with Gasteiger partial charge in [-0.05, 0) is 25.0 Å². The number of likely N-dealkylation sites (tertiary alicyclic amines) is 1. The van der Waals surface area contributed by atoms with Gasteiger partial charge in [-0.25, -0.2) is 0 Å². The van der Waals surface area contributed by atoms with E-state index >= 15 is 0 Å². The first kappa shape index (κ1) is 8.42. The number of fused-ring (bicyclic) bond motifs is 1. The molecule has 1 saturated heterocycles. The Morgan fingerprint density at radius 3 is 2.64 bits per heavy atom. The van der Waals surface area contributed by atoms with E-state index in [-0.39, 0.29) is 0 Å². The fourth-order valence-corrected chi connectivity index (χ4v) is 2.73. The maximum atomic E-state index is 4.38. The van der Waals surface area contributed by atoms with Gasteiger partial charge in [-0.3, -0.25) is 9.88 Å². The third-order valence-electron chi connectivity index (χ3n) is 3.53. The predicted molar refractivity (Wildman–Crippen MR) is 55.8 cm³/mol. The van der Waals surface area contributed by atoms with Crippen molar-refractivity contribution in [3.8, 4) is 0 Å². The van der Waals surface area contributed by atoms with Gasteiger partial charge >= 0.3 is 0 Å². The topological polar surface area (TPSA) is 15.9 Å². The molecule has 0 N–H and O–H groups in total. The molecule has 2 fully saturated rings. The third-order valence-corrected chi connectivity index (χ3v) is 3.53. The second-order valence-corrected chi connectivity index (χ2v) is 4.41. The molecule has 2 atom stereocenters. The highest BCUT2D eigenvalue weighted by Crippen LogP contribution is 2.41. The van der Waals surface area contributed by atoms with Gasteiger partial charge in [0.2, 0.25) is 0 Å². The Kier molecular flexibility index (Phi) is 2.02. The molecule has 2 heterocycles. The van der Waals surface area contributed by atoms with E-state index in [0.29, 0.717) is 0 Å². The fourth-order valence-electron chi connectivity index (χ4n) is 2.73. The fraction of sp³-hybridized carbons (Fsp3) is 0.583. The molecule has 1 aliphatic carbocycles. The number of hydrogen-bond donors (Lipinski definition) is 0. The van der Waals surface area contributed by atoms with Crippen LogP contribution in [-0.4, -0.2) is 22.0 Å². The minimum atomic E-state index is 0.894. The summed E-state index contributed by atoms with van der Waals surface area (Å²) in [5, 5.41) is 0. The van der Waals surface area contributed by atoms with Crippen molar-refractivity contribution in [1.82, 2.24) is 9.88 Å². The number of hydrogen-bond acceptors (Lipinski definition) is 2. The maximum absolute atomic E-state index is 4.38. The lowest BCUT2D eigenvalue weighted by Crippen LogP contribution is -2.03. The van der Waals surface area contributed by atoms with Gasteiger partial charge in [-0.15, -0.1) is 0 Å². The average Bonchev–Trinajstić information content (AvgIpc) is 2.94. The van der Waals surface area contributed by atoms with Crippen LogP contribution < -0.4 is 0 Å². The van der Waals surface area contributed by atoms with E-state index in [1.54, 1.807) is 0 Å². The van der Waals surface area contributed by atoms with Crippen molar-refractivity contribution < 1.29 is 0 Å². The van der Waals surface area contributed by atoms with Crippen LogP contribution in [0, 0.1) is 0 Å². The molecular weight excluding hydrogens is 172 g/mol. The lowest BCUT2D eigenvalue weighted by Gasteiger charge is -2.02. The van der Waals surface area contributed by atoms with E-state index in [2.05, 4.69) is 22.0 Å². The van der Waals surface area contributed by atoms with Crippen LogP contribution >= 0.6 is 0 Å². The summed E-state index contributed by atoms with van der Waals surface area (Å²) in [7, 11) is 0. The van der Waals surface area contributed by atoms with Crippen molar-refractivity contribution in [2.75, 3.05) is 0 Å². The second kappa shape index (κ2) is 3.35. The number of rotatable bonds is 2. The van der Waals surface area contributed by atoms with Crippen molar-refractivity contribution in [3.05, 3.63) is 30.1 Å². The van der Waals surface area contributed by atoms with Crippen LogP contribution in [0.25, 0.3) is 0 Å². The predicted octanol–water partition coefficient (Wildman–Crippen LogP) is 2.21. The molecule has 74 valence electrons. The van der Waals surface area contributed by atoms with Crippen molar-refractivity contribution in [2.24, 2.45) is 0 Å². The van der Waals surface area contributed by atoms with Crippen LogP contribution in [0.5, 0.6) is 0 Å². The summed E-state index contributed by atoms with van der Waals surface area (Å²) in [4.78, 5) is 6.98.